The molecule has 1 heterocycles. The molecule has 0 saturated heterocycles. The van der Waals surface area contributed by atoms with Crippen molar-refractivity contribution in [3.8, 4) is 0 Å². The highest BCUT2D eigenvalue weighted by Gasteiger charge is 2.16. The third-order valence-electron chi connectivity index (χ3n) is 3.55. The Kier molecular flexibility index (Phi) is 5.03. The zero-order valence-corrected chi connectivity index (χ0v) is 14.7. The standard InChI is InChI=1S/C16H16BrNOS2/c17-15-9-11(10-20-15)16(19)18-12-5-7-14(8-6-12)21-13-3-1-2-4-13/h5-10,13H,1-4H2,(H,18,19). The van der Waals surface area contributed by atoms with Crippen molar-refractivity contribution in [2.45, 2.75) is 35.8 Å². The van der Waals surface area contributed by atoms with Crippen LogP contribution in [0.5, 0.6) is 0 Å². The molecule has 0 spiro atoms. The maximum Gasteiger partial charge on any atom is 0.256 e. The quantitative estimate of drug-likeness (QED) is 0.724. The summed E-state index contributed by atoms with van der Waals surface area (Å²) in [4.78, 5) is 13.4. The number of halogens is 1. The molecule has 0 atom stereocenters. The normalized spacial score (nSPS) is 15.3. The number of carbonyl (C=O) groups excluding carboxylic acids is 1. The fraction of sp³-hybridized carbons (Fsp3) is 0.312. The van der Waals surface area contributed by atoms with E-state index in [1.807, 2.05) is 35.3 Å². The van der Waals surface area contributed by atoms with Gasteiger partial charge in [-0.1, -0.05) is 12.8 Å². The van der Waals surface area contributed by atoms with Gasteiger partial charge in [-0.25, -0.2) is 0 Å². The summed E-state index contributed by atoms with van der Waals surface area (Å²) in [5.74, 6) is -0.0619. The molecule has 2 nitrogen and oxygen atoms in total. The Balaban J connectivity index is 1.60. The van der Waals surface area contributed by atoms with Gasteiger partial charge in [-0.3, -0.25) is 4.79 Å². The number of thioether (sulfide) groups is 1. The van der Waals surface area contributed by atoms with Crippen LogP contribution >= 0.6 is 39.0 Å². The molecule has 0 aliphatic heterocycles. The lowest BCUT2D eigenvalue weighted by molar-refractivity contribution is 0.102. The smallest absolute Gasteiger partial charge is 0.256 e. The number of hydrogen-bond acceptors (Lipinski definition) is 3. The van der Waals surface area contributed by atoms with E-state index in [1.54, 1.807) is 0 Å². The molecule has 21 heavy (non-hydrogen) atoms. The van der Waals surface area contributed by atoms with Crippen LogP contribution in [-0.2, 0) is 0 Å². The Morgan fingerprint density at radius 3 is 2.57 bits per heavy atom. The summed E-state index contributed by atoms with van der Waals surface area (Å²) in [5.41, 5.74) is 1.54. The highest BCUT2D eigenvalue weighted by Crippen LogP contribution is 2.35. The van der Waals surface area contributed by atoms with E-state index in [4.69, 9.17) is 0 Å². The fourth-order valence-corrected chi connectivity index (χ4v) is 4.83. The SMILES string of the molecule is O=C(Nc1ccc(SC2CCCC2)cc1)c1csc(Br)c1. The van der Waals surface area contributed by atoms with Gasteiger partial charge >= 0.3 is 0 Å². The van der Waals surface area contributed by atoms with Crippen LogP contribution in [0.15, 0.2) is 44.4 Å². The molecule has 1 aliphatic rings. The molecule has 1 aromatic heterocycles. The largest absolute Gasteiger partial charge is 0.322 e. The maximum atomic E-state index is 12.1. The summed E-state index contributed by atoms with van der Waals surface area (Å²) in [6, 6.07) is 10.0. The molecule has 0 bridgehead atoms. The summed E-state index contributed by atoms with van der Waals surface area (Å²) in [5, 5.41) is 5.55. The van der Waals surface area contributed by atoms with Crippen molar-refractivity contribution in [2.75, 3.05) is 5.32 Å². The van der Waals surface area contributed by atoms with E-state index >= 15 is 0 Å². The van der Waals surface area contributed by atoms with E-state index in [1.165, 1.54) is 41.9 Å². The highest BCUT2D eigenvalue weighted by atomic mass is 79.9. The first-order valence-corrected chi connectivity index (χ1v) is 9.58. The Morgan fingerprint density at radius 1 is 1.24 bits per heavy atom. The summed E-state index contributed by atoms with van der Waals surface area (Å²) >= 11 is 6.85. The second-order valence-corrected chi connectivity index (χ2v) is 8.81. The van der Waals surface area contributed by atoms with E-state index in [9.17, 15) is 4.79 Å². The molecule has 1 aliphatic carbocycles. The van der Waals surface area contributed by atoms with E-state index in [0.29, 0.717) is 5.56 Å². The van der Waals surface area contributed by atoms with E-state index < -0.39 is 0 Å². The van der Waals surface area contributed by atoms with Gasteiger partial charge in [-0.2, -0.15) is 0 Å². The van der Waals surface area contributed by atoms with Crippen molar-refractivity contribution in [3.63, 3.8) is 0 Å². The van der Waals surface area contributed by atoms with Crippen molar-refractivity contribution in [1.29, 1.82) is 0 Å². The lowest BCUT2D eigenvalue weighted by Crippen LogP contribution is -2.10. The van der Waals surface area contributed by atoms with Gasteiger partial charge in [0.1, 0.15) is 0 Å². The van der Waals surface area contributed by atoms with Gasteiger partial charge in [0.15, 0.2) is 0 Å². The van der Waals surface area contributed by atoms with Crippen LogP contribution in [0, 0.1) is 0 Å². The molecular weight excluding hydrogens is 366 g/mol. The number of rotatable bonds is 4. The molecule has 1 fully saturated rings. The van der Waals surface area contributed by atoms with Crippen LogP contribution in [0.3, 0.4) is 0 Å². The van der Waals surface area contributed by atoms with Gasteiger partial charge in [0.25, 0.3) is 5.91 Å². The maximum absolute atomic E-state index is 12.1. The third kappa shape index (κ3) is 4.11. The van der Waals surface area contributed by atoms with E-state index in [0.717, 1.165) is 14.7 Å². The lowest BCUT2D eigenvalue weighted by Gasteiger charge is -2.09. The molecule has 1 amide bonds. The van der Waals surface area contributed by atoms with E-state index in [-0.39, 0.29) is 5.91 Å². The summed E-state index contributed by atoms with van der Waals surface area (Å²) in [6.07, 6.45) is 5.39. The number of thiophene rings is 1. The minimum atomic E-state index is -0.0619. The van der Waals surface area contributed by atoms with Gasteiger partial charge in [-0.05, 0) is 59.1 Å². The van der Waals surface area contributed by atoms with Gasteiger partial charge < -0.3 is 5.32 Å². The summed E-state index contributed by atoms with van der Waals surface area (Å²) in [6.45, 7) is 0. The second kappa shape index (κ2) is 6.99. The van der Waals surface area contributed by atoms with Crippen LogP contribution in [0.25, 0.3) is 0 Å². The van der Waals surface area contributed by atoms with Crippen molar-refractivity contribution >= 4 is 50.6 Å². The highest BCUT2D eigenvalue weighted by molar-refractivity contribution is 9.11. The van der Waals surface area contributed by atoms with Crippen LogP contribution < -0.4 is 5.32 Å². The van der Waals surface area contributed by atoms with Crippen molar-refractivity contribution in [1.82, 2.24) is 0 Å². The van der Waals surface area contributed by atoms with Crippen LogP contribution in [-0.4, -0.2) is 11.2 Å². The molecular formula is C16H16BrNOS2. The van der Waals surface area contributed by atoms with Crippen LogP contribution in [0.2, 0.25) is 0 Å². The first-order valence-electron chi connectivity index (χ1n) is 7.03. The minimum absolute atomic E-state index is 0.0619. The first kappa shape index (κ1) is 15.1. The predicted molar refractivity (Wildman–Crippen MR) is 94.5 cm³/mol. The molecule has 1 N–H and O–H groups in total. The molecule has 0 unspecified atom stereocenters. The summed E-state index contributed by atoms with van der Waals surface area (Å²) < 4.78 is 0.968. The average Bonchev–Trinajstić information content (AvgIpc) is 3.12. The minimum Gasteiger partial charge on any atom is -0.322 e. The van der Waals surface area contributed by atoms with Crippen molar-refractivity contribution in [3.05, 3.63) is 45.1 Å². The number of anilines is 1. The predicted octanol–water partition coefficient (Wildman–Crippen LogP) is 5.80. The molecule has 0 radical (unpaired) electrons. The Morgan fingerprint density at radius 2 is 1.95 bits per heavy atom. The van der Waals surface area contributed by atoms with Crippen molar-refractivity contribution in [2.24, 2.45) is 0 Å². The van der Waals surface area contributed by atoms with Gasteiger partial charge in [-0.15, -0.1) is 23.1 Å². The van der Waals surface area contributed by atoms with Crippen LogP contribution in [0.1, 0.15) is 36.0 Å². The number of nitrogens with one attached hydrogen (secondary N) is 1. The zero-order chi connectivity index (χ0) is 14.7. The molecule has 3 rings (SSSR count). The zero-order valence-electron chi connectivity index (χ0n) is 11.5. The molecule has 5 heteroatoms. The first-order chi connectivity index (χ1) is 10.2. The molecule has 1 aromatic carbocycles. The second-order valence-electron chi connectivity index (χ2n) is 5.14. The Labute approximate surface area is 141 Å². The third-order valence-corrected chi connectivity index (χ3v) is 6.40. The summed E-state index contributed by atoms with van der Waals surface area (Å²) in [7, 11) is 0. The molecule has 110 valence electrons. The topological polar surface area (TPSA) is 29.1 Å². The number of carbonyl (C=O) groups is 1. The molecule has 2 aromatic rings. The monoisotopic (exact) mass is 381 g/mol. The van der Waals surface area contributed by atoms with Gasteiger partial charge in [0.05, 0.1) is 9.35 Å². The Bertz CT molecular complexity index is 617. The fourth-order valence-electron chi connectivity index (χ4n) is 2.45. The number of hydrogen-bond donors (Lipinski definition) is 1. The van der Waals surface area contributed by atoms with Gasteiger partial charge in [0, 0.05) is 21.2 Å². The Hall–Kier alpha value is -0.780. The van der Waals surface area contributed by atoms with Gasteiger partial charge in [0.2, 0.25) is 0 Å². The average molecular weight is 382 g/mol. The number of benzene rings is 1. The van der Waals surface area contributed by atoms with Crippen LogP contribution in [0.4, 0.5) is 5.69 Å². The molecule has 1 saturated carbocycles. The lowest BCUT2D eigenvalue weighted by atomic mass is 10.3. The number of amides is 1. The van der Waals surface area contributed by atoms with Crippen molar-refractivity contribution < 1.29 is 4.79 Å². The van der Waals surface area contributed by atoms with E-state index in [2.05, 4.69) is 33.4 Å².